The zero-order chi connectivity index (χ0) is 34.7. The predicted molar refractivity (Wildman–Crippen MR) is 181 cm³/mol. The van der Waals surface area contributed by atoms with Gasteiger partial charge in [0.1, 0.15) is 35.4 Å². The Morgan fingerprint density at radius 1 is 0.959 bits per heavy atom. The predicted octanol–water partition coefficient (Wildman–Crippen LogP) is 4.01. The van der Waals surface area contributed by atoms with Gasteiger partial charge < -0.3 is 28.8 Å². The highest BCUT2D eigenvalue weighted by molar-refractivity contribution is 5.91. The topological polar surface area (TPSA) is 159 Å². The second-order valence-electron chi connectivity index (χ2n) is 12.0. The van der Waals surface area contributed by atoms with Gasteiger partial charge in [-0.25, -0.2) is 4.98 Å². The minimum Gasteiger partial charge on any atom is -0.497 e. The van der Waals surface area contributed by atoms with Gasteiger partial charge >= 0.3 is 0 Å². The van der Waals surface area contributed by atoms with E-state index in [9.17, 15) is 14.7 Å². The van der Waals surface area contributed by atoms with Crippen molar-refractivity contribution in [1.29, 1.82) is 0 Å². The molecule has 256 valence electrons. The Labute approximate surface area is 282 Å². The van der Waals surface area contributed by atoms with E-state index in [0.29, 0.717) is 11.5 Å². The highest BCUT2D eigenvalue weighted by Crippen LogP contribution is 2.43. The molecule has 0 aliphatic carbocycles. The van der Waals surface area contributed by atoms with Crippen molar-refractivity contribution in [3.63, 3.8) is 0 Å². The van der Waals surface area contributed by atoms with Crippen LogP contribution in [0.2, 0.25) is 0 Å². The fraction of sp³-hybridized carbons (Fsp3) is 0.333. The third kappa shape index (κ3) is 6.41. The van der Waals surface area contributed by atoms with Gasteiger partial charge in [0.05, 0.1) is 27.2 Å². The van der Waals surface area contributed by atoms with Crippen molar-refractivity contribution in [2.24, 2.45) is 5.92 Å². The van der Waals surface area contributed by atoms with Crippen molar-refractivity contribution < 1.29 is 33.6 Å². The van der Waals surface area contributed by atoms with E-state index in [2.05, 4.69) is 20.3 Å². The number of hydrogen-bond donors (Lipinski definition) is 3. The standard InChI is InChI=1S/C36H39N5O8/c1-21(2)32(43)39-35-38-31-28(33(44)40-35)37-20-41(31)34-30(47-5)29(42)27(49-34)19-48-36(22-9-7-6-8-10-22,23-11-15-25(45-3)16-12-23)24-13-17-26(46-4)18-14-24/h6-18,20-21,27,29-30,34,42H,19H2,1-5H3,(H2,38,39,40,43,44)/t27-,29-,30-,34-/m1/s1. The number of amides is 1. The molecule has 1 aliphatic rings. The summed E-state index contributed by atoms with van der Waals surface area (Å²) in [6.07, 6.45) is -2.44. The summed E-state index contributed by atoms with van der Waals surface area (Å²) in [5, 5.41) is 14.2. The van der Waals surface area contributed by atoms with E-state index in [0.717, 1.165) is 16.7 Å². The number of nitrogens with zero attached hydrogens (tertiary/aromatic N) is 3. The van der Waals surface area contributed by atoms with Crippen LogP contribution in [0.15, 0.2) is 90.0 Å². The average molecular weight is 670 g/mol. The van der Waals surface area contributed by atoms with Gasteiger partial charge in [0.2, 0.25) is 11.9 Å². The van der Waals surface area contributed by atoms with Crippen LogP contribution >= 0.6 is 0 Å². The number of aliphatic hydroxyl groups is 1. The molecule has 0 spiro atoms. The van der Waals surface area contributed by atoms with Crippen LogP contribution in [0.1, 0.15) is 36.8 Å². The Bertz CT molecular complexity index is 1900. The molecule has 1 saturated heterocycles. The molecule has 3 N–H and O–H groups in total. The van der Waals surface area contributed by atoms with Gasteiger partial charge in [-0.05, 0) is 41.0 Å². The van der Waals surface area contributed by atoms with Crippen molar-refractivity contribution in [2.45, 2.75) is 44.0 Å². The second-order valence-corrected chi connectivity index (χ2v) is 12.0. The van der Waals surface area contributed by atoms with Crippen LogP contribution < -0.4 is 20.3 Å². The molecule has 1 aliphatic heterocycles. The molecule has 6 rings (SSSR count). The highest BCUT2D eigenvalue weighted by atomic mass is 16.6. The number of ether oxygens (including phenoxy) is 5. The number of rotatable bonds is 12. The molecule has 5 aromatic rings. The van der Waals surface area contributed by atoms with Crippen LogP contribution in [-0.4, -0.2) is 76.8 Å². The van der Waals surface area contributed by atoms with Gasteiger partial charge in [-0.3, -0.25) is 24.5 Å². The second kappa shape index (κ2) is 14.2. The minimum atomic E-state index is -1.15. The molecule has 0 bridgehead atoms. The molecule has 49 heavy (non-hydrogen) atoms. The Morgan fingerprint density at radius 3 is 2.10 bits per heavy atom. The van der Waals surface area contributed by atoms with Crippen molar-refractivity contribution in [3.8, 4) is 11.5 Å². The average Bonchev–Trinajstić information content (AvgIpc) is 3.69. The normalized spacial score (nSPS) is 19.3. The van der Waals surface area contributed by atoms with E-state index in [1.165, 1.54) is 18.0 Å². The van der Waals surface area contributed by atoms with Crippen molar-refractivity contribution >= 4 is 23.0 Å². The van der Waals surface area contributed by atoms with Crippen LogP contribution in [0.5, 0.6) is 11.5 Å². The Kier molecular flexibility index (Phi) is 9.79. The molecule has 1 fully saturated rings. The molecule has 0 radical (unpaired) electrons. The molecule has 0 saturated carbocycles. The van der Waals surface area contributed by atoms with Crippen molar-refractivity contribution in [3.05, 3.63) is 112 Å². The van der Waals surface area contributed by atoms with E-state index >= 15 is 0 Å². The van der Waals surface area contributed by atoms with Crippen LogP contribution in [0.4, 0.5) is 5.95 Å². The summed E-state index contributed by atoms with van der Waals surface area (Å²) in [5.74, 6) is 0.692. The van der Waals surface area contributed by atoms with Gasteiger partial charge in [0, 0.05) is 13.0 Å². The number of H-pyrrole nitrogens is 1. The number of aromatic nitrogens is 4. The molecule has 3 heterocycles. The molecule has 3 aromatic carbocycles. The monoisotopic (exact) mass is 669 g/mol. The lowest BCUT2D eigenvalue weighted by molar-refractivity contribution is -0.118. The zero-order valence-electron chi connectivity index (χ0n) is 27.8. The number of anilines is 1. The van der Waals surface area contributed by atoms with E-state index in [1.807, 2.05) is 78.9 Å². The number of imidazole rings is 1. The highest BCUT2D eigenvalue weighted by Gasteiger charge is 2.48. The van der Waals surface area contributed by atoms with Crippen molar-refractivity contribution in [2.75, 3.05) is 33.3 Å². The molecule has 1 amide bonds. The minimum absolute atomic E-state index is 0.0306. The fourth-order valence-electron chi connectivity index (χ4n) is 6.05. The first-order valence-corrected chi connectivity index (χ1v) is 15.8. The van der Waals surface area contributed by atoms with Gasteiger partial charge in [-0.1, -0.05) is 68.4 Å². The van der Waals surface area contributed by atoms with E-state index in [-0.39, 0.29) is 35.5 Å². The summed E-state index contributed by atoms with van der Waals surface area (Å²) < 4.78 is 31.6. The maximum absolute atomic E-state index is 12.9. The van der Waals surface area contributed by atoms with E-state index in [4.69, 9.17) is 23.7 Å². The first kappa shape index (κ1) is 33.8. The maximum atomic E-state index is 12.9. The number of benzene rings is 3. The number of methoxy groups -OCH3 is 3. The molecule has 13 nitrogen and oxygen atoms in total. The first-order chi connectivity index (χ1) is 23.7. The number of carbonyl (C=O) groups is 1. The summed E-state index contributed by atoms with van der Waals surface area (Å²) in [4.78, 5) is 36.5. The molecule has 4 atom stereocenters. The lowest BCUT2D eigenvalue weighted by atomic mass is 9.80. The summed E-state index contributed by atoms with van der Waals surface area (Å²) >= 11 is 0. The number of aromatic amines is 1. The van der Waals surface area contributed by atoms with E-state index in [1.54, 1.807) is 28.1 Å². The fourth-order valence-corrected chi connectivity index (χ4v) is 6.05. The van der Waals surface area contributed by atoms with Crippen LogP contribution in [0.3, 0.4) is 0 Å². The third-order valence-corrected chi connectivity index (χ3v) is 8.69. The largest absolute Gasteiger partial charge is 0.497 e. The SMILES string of the molecule is COc1ccc(C(OC[C@H]2O[C@@H](n3cnc4c(=O)[nH]c(NC(=O)C(C)C)nc43)[C@H](OC)[C@@H]2O)(c2ccccc2)c2ccc(OC)cc2)cc1. The Hall–Kier alpha value is -5.08. The number of aliphatic hydroxyl groups excluding tert-OH is 1. The smallest absolute Gasteiger partial charge is 0.280 e. The molecule has 2 aromatic heterocycles. The quantitative estimate of drug-likeness (QED) is 0.166. The molecular weight excluding hydrogens is 630 g/mol. The lowest BCUT2D eigenvalue weighted by Crippen LogP contribution is -2.40. The number of nitrogens with one attached hydrogen (secondary N) is 2. The number of hydrogen-bond acceptors (Lipinski definition) is 10. The summed E-state index contributed by atoms with van der Waals surface area (Å²) in [5.41, 5.74) is 0.980. The maximum Gasteiger partial charge on any atom is 0.280 e. The van der Waals surface area contributed by atoms with Gasteiger partial charge in [-0.15, -0.1) is 0 Å². The summed E-state index contributed by atoms with van der Waals surface area (Å²) in [7, 11) is 4.68. The zero-order valence-corrected chi connectivity index (χ0v) is 27.8. The Morgan fingerprint density at radius 2 is 1.55 bits per heavy atom. The van der Waals surface area contributed by atoms with Gasteiger partial charge in [-0.2, -0.15) is 4.98 Å². The lowest BCUT2D eigenvalue weighted by Gasteiger charge is -2.37. The summed E-state index contributed by atoms with van der Waals surface area (Å²) in [6.45, 7) is 3.39. The molecule has 0 unspecified atom stereocenters. The van der Waals surface area contributed by atoms with Gasteiger partial charge in [0.15, 0.2) is 17.4 Å². The van der Waals surface area contributed by atoms with E-state index < -0.39 is 35.7 Å². The van der Waals surface area contributed by atoms with Crippen LogP contribution in [0.25, 0.3) is 11.2 Å². The number of carbonyl (C=O) groups excluding carboxylic acids is 1. The Balaban J connectivity index is 1.38. The number of fused-ring (bicyclic) bond motifs is 1. The first-order valence-electron chi connectivity index (χ1n) is 15.8. The molecule has 13 heteroatoms. The summed E-state index contributed by atoms with van der Waals surface area (Å²) in [6, 6.07) is 25.0. The van der Waals surface area contributed by atoms with Crippen LogP contribution in [-0.2, 0) is 24.6 Å². The van der Waals surface area contributed by atoms with Crippen LogP contribution in [0, 0.1) is 5.92 Å². The third-order valence-electron chi connectivity index (χ3n) is 8.69. The van der Waals surface area contributed by atoms with Crippen molar-refractivity contribution in [1.82, 2.24) is 19.5 Å². The van der Waals surface area contributed by atoms with Gasteiger partial charge in [0.25, 0.3) is 5.56 Å². The molecular formula is C36H39N5O8.